The van der Waals surface area contributed by atoms with E-state index >= 15 is 0 Å². The molecule has 0 saturated carbocycles. The number of rotatable bonds is 6. The molecule has 30 heavy (non-hydrogen) atoms. The molecular formula is C22H24ClN5O2. The number of nitrogens with two attached hydrogens (primary N) is 1. The smallest absolute Gasteiger partial charge is 0.162 e. The van der Waals surface area contributed by atoms with Crippen molar-refractivity contribution in [3.8, 4) is 22.9 Å². The molecule has 2 aromatic heterocycles. The van der Waals surface area contributed by atoms with Gasteiger partial charge in [0.15, 0.2) is 5.82 Å². The first-order chi connectivity index (χ1) is 14.6. The molecule has 0 atom stereocenters. The third kappa shape index (κ3) is 4.87. The summed E-state index contributed by atoms with van der Waals surface area (Å²) in [5.41, 5.74) is 8.25. The van der Waals surface area contributed by atoms with Crippen molar-refractivity contribution in [2.24, 2.45) is 5.73 Å². The minimum absolute atomic E-state index is 0.560. The van der Waals surface area contributed by atoms with Crippen molar-refractivity contribution < 1.29 is 9.47 Å². The minimum atomic E-state index is 0.560. The first-order valence-corrected chi connectivity index (χ1v) is 10.3. The van der Waals surface area contributed by atoms with E-state index in [2.05, 4.69) is 19.9 Å². The first-order valence-electron chi connectivity index (χ1n) is 9.92. The van der Waals surface area contributed by atoms with Crippen LogP contribution in [0.1, 0.15) is 11.3 Å². The molecule has 0 radical (unpaired) electrons. The van der Waals surface area contributed by atoms with E-state index in [-0.39, 0.29) is 0 Å². The highest BCUT2D eigenvalue weighted by Crippen LogP contribution is 2.35. The van der Waals surface area contributed by atoms with Crippen LogP contribution in [0.3, 0.4) is 0 Å². The van der Waals surface area contributed by atoms with E-state index < -0.39 is 0 Å². The lowest BCUT2D eigenvalue weighted by molar-refractivity contribution is 0.122. The van der Waals surface area contributed by atoms with E-state index in [0.717, 1.165) is 42.1 Å². The Hall–Kier alpha value is -2.74. The molecule has 4 rings (SSSR count). The average Bonchev–Trinajstić information content (AvgIpc) is 2.75. The van der Waals surface area contributed by atoms with Crippen LogP contribution in [-0.4, -0.2) is 47.8 Å². The van der Waals surface area contributed by atoms with Gasteiger partial charge in [-0.05, 0) is 37.6 Å². The van der Waals surface area contributed by atoms with Crippen LogP contribution in [0.4, 0.5) is 5.82 Å². The average molecular weight is 426 g/mol. The molecule has 156 valence electrons. The van der Waals surface area contributed by atoms with Gasteiger partial charge in [-0.3, -0.25) is 0 Å². The van der Waals surface area contributed by atoms with Crippen molar-refractivity contribution in [3.05, 3.63) is 59.0 Å². The normalized spacial score (nSPS) is 14.0. The Morgan fingerprint density at radius 1 is 1.13 bits per heavy atom. The number of hydrogen-bond donors (Lipinski definition) is 1. The molecule has 1 saturated heterocycles. The zero-order chi connectivity index (χ0) is 20.9. The lowest BCUT2D eigenvalue weighted by atomic mass is 10.1. The van der Waals surface area contributed by atoms with Gasteiger partial charge in [0, 0.05) is 54.4 Å². The summed E-state index contributed by atoms with van der Waals surface area (Å²) >= 11 is 6.25. The van der Waals surface area contributed by atoms with Crippen molar-refractivity contribution in [1.29, 1.82) is 0 Å². The fourth-order valence-corrected chi connectivity index (χ4v) is 3.48. The molecule has 3 heterocycles. The quantitative estimate of drug-likeness (QED) is 0.645. The second kappa shape index (κ2) is 9.38. The maximum atomic E-state index is 6.25. The monoisotopic (exact) mass is 425 g/mol. The standard InChI is InChI=1S/C22H24ClN5O2/c1-15-10-18(12-21(27-15)28-6-8-29-9-7-28)30-20-11-17(23)2-3-19(20)22-25-13-16(4-5-24)14-26-22/h2-3,10-14H,4-9,24H2,1H3. The summed E-state index contributed by atoms with van der Waals surface area (Å²) in [7, 11) is 0. The largest absolute Gasteiger partial charge is 0.456 e. The van der Waals surface area contributed by atoms with Crippen molar-refractivity contribution in [2.75, 3.05) is 37.7 Å². The third-order valence-electron chi connectivity index (χ3n) is 4.80. The van der Waals surface area contributed by atoms with E-state index in [1.54, 1.807) is 24.5 Å². The van der Waals surface area contributed by atoms with Crippen LogP contribution < -0.4 is 15.4 Å². The molecule has 1 aromatic carbocycles. The zero-order valence-electron chi connectivity index (χ0n) is 16.8. The van der Waals surface area contributed by atoms with E-state index in [1.165, 1.54) is 0 Å². The minimum Gasteiger partial charge on any atom is -0.456 e. The zero-order valence-corrected chi connectivity index (χ0v) is 17.6. The molecule has 1 fully saturated rings. The highest BCUT2D eigenvalue weighted by Gasteiger charge is 2.16. The molecule has 0 unspecified atom stereocenters. The van der Waals surface area contributed by atoms with Crippen LogP contribution in [0.2, 0.25) is 5.02 Å². The summed E-state index contributed by atoms with van der Waals surface area (Å²) in [6, 6.07) is 9.29. The summed E-state index contributed by atoms with van der Waals surface area (Å²) in [5, 5.41) is 0.577. The maximum absolute atomic E-state index is 6.25. The third-order valence-corrected chi connectivity index (χ3v) is 5.03. The fourth-order valence-electron chi connectivity index (χ4n) is 3.32. The van der Waals surface area contributed by atoms with Crippen molar-refractivity contribution in [2.45, 2.75) is 13.3 Å². The molecule has 7 nitrogen and oxygen atoms in total. The van der Waals surface area contributed by atoms with Crippen molar-refractivity contribution in [3.63, 3.8) is 0 Å². The van der Waals surface area contributed by atoms with E-state index in [4.69, 9.17) is 26.8 Å². The number of aryl methyl sites for hydroxylation is 1. The van der Waals surface area contributed by atoms with Gasteiger partial charge < -0.3 is 20.1 Å². The molecule has 0 spiro atoms. The number of pyridine rings is 1. The molecule has 0 amide bonds. The molecule has 0 aliphatic carbocycles. The molecule has 0 bridgehead atoms. The van der Waals surface area contributed by atoms with E-state index in [1.807, 2.05) is 25.1 Å². The summed E-state index contributed by atoms with van der Waals surface area (Å²) < 4.78 is 11.7. The maximum Gasteiger partial charge on any atom is 0.162 e. The van der Waals surface area contributed by atoms with Crippen LogP contribution in [0.15, 0.2) is 42.7 Å². The van der Waals surface area contributed by atoms with Crippen LogP contribution in [-0.2, 0) is 11.2 Å². The fraction of sp³-hybridized carbons (Fsp3) is 0.318. The van der Waals surface area contributed by atoms with Gasteiger partial charge in [-0.1, -0.05) is 11.6 Å². The number of ether oxygens (including phenoxy) is 2. The number of halogens is 1. The summed E-state index contributed by atoms with van der Waals surface area (Å²) in [5.74, 6) is 2.72. The number of aromatic nitrogens is 3. The van der Waals surface area contributed by atoms with Gasteiger partial charge in [-0.2, -0.15) is 0 Å². The van der Waals surface area contributed by atoms with Crippen LogP contribution in [0.25, 0.3) is 11.4 Å². The second-order valence-electron chi connectivity index (χ2n) is 7.10. The number of benzene rings is 1. The van der Waals surface area contributed by atoms with Gasteiger partial charge in [-0.15, -0.1) is 0 Å². The topological polar surface area (TPSA) is 86.4 Å². The lowest BCUT2D eigenvalue weighted by Gasteiger charge is -2.28. The summed E-state index contributed by atoms with van der Waals surface area (Å²) in [6.45, 7) is 5.52. The highest BCUT2D eigenvalue weighted by molar-refractivity contribution is 6.30. The molecule has 1 aliphatic rings. The van der Waals surface area contributed by atoms with E-state index in [9.17, 15) is 0 Å². The van der Waals surface area contributed by atoms with Crippen molar-refractivity contribution >= 4 is 17.4 Å². The summed E-state index contributed by atoms with van der Waals surface area (Å²) in [4.78, 5) is 15.8. The second-order valence-corrected chi connectivity index (χ2v) is 7.53. The Kier molecular flexibility index (Phi) is 6.42. The predicted molar refractivity (Wildman–Crippen MR) is 117 cm³/mol. The Balaban J connectivity index is 1.64. The molecule has 2 N–H and O–H groups in total. The predicted octanol–water partition coefficient (Wildman–Crippen LogP) is 3.63. The Labute approximate surface area is 180 Å². The lowest BCUT2D eigenvalue weighted by Crippen LogP contribution is -2.36. The Morgan fingerprint density at radius 3 is 2.63 bits per heavy atom. The van der Waals surface area contributed by atoms with Crippen LogP contribution in [0, 0.1) is 6.92 Å². The molecule has 1 aliphatic heterocycles. The SMILES string of the molecule is Cc1cc(Oc2cc(Cl)ccc2-c2ncc(CCN)cn2)cc(N2CCOCC2)n1. The number of nitrogens with zero attached hydrogens (tertiary/aromatic N) is 4. The van der Waals surface area contributed by atoms with E-state index in [0.29, 0.717) is 42.1 Å². The number of hydrogen-bond acceptors (Lipinski definition) is 7. The molecule has 8 heteroatoms. The van der Waals surface area contributed by atoms with Gasteiger partial charge in [0.2, 0.25) is 0 Å². The Morgan fingerprint density at radius 2 is 1.90 bits per heavy atom. The highest BCUT2D eigenvalue weighted by atomic mass is 35.5. The summed E-state index contributed by atoms with van der Waals surface area (Å²) in [6.07, 6.45) is 4.33. The van der Waals surface area contributed by atoms with Gasteiger partial charge in [0.05, 0.1) is 18.8 Å². The number of morpholine rings is 1. The van der Waals surface area contributed by atoms with Gasteiger partial charge in [0.25, 0.3) is 0 Å². The van der Waals surface area contributed by atoms with Crippen molar-refractivity contribution in [1.82, 2.24) is 15.0 Å². The molecule has 3 aromatic rings. The van der Waals surface area contributed by atoms with Gasteiger partial charge in [0.1, 0.15) is 17.3 Å². The van der Waals surface area contributed by atoms with Gasteiger partial charge >= 0.3 is 0 Å². The number of anilines is 1. The molecular weight excluding hydrogens is 402 g/mol. The van der Waals surface area contributed by atoms with Crippen LogP contribution in [0.5, 0.6) is 11.5 Å². The first kappa shape index (κ1) is 20.5. The van der Waals surface area contributed by atoms with Gasteiger partial charge in [-0.25, -0.2) is 15.0 Å². The Bertz CT molecular complexity index is 1010. The van der Waals surface area contributed by atoms with Crippen LogP contribution >= 0.6 is 11.6 Å².